The fourth-order valence-electron chi connectivity index (χ4n) is 1.37. The number of ether oxygens (including phenoxy) is 1. The standard InChI is InChI=1S/C10H9ClN2O2/c1-6-3-4-7-8(5-6)13(11)10(14)9(12-7)15-2/h3-5H,1-2H3. The van der Waals surface area contributed by atoms with Gasteiger partial charge in [0, 0.05) is 11.8 Å². The zero-order chi connectivity index (χ0) is 11.0. The molecule has 0 saturated heterocycles. The van der Waals surface area contributed by atoms with Crippen molar-refractivity contribution in [3.8, 4) is 5.88 Å². The SMILES string of the molecule is COc1nc2ccc(C)cc2n(Cl)c1=O. The lowest BCUT2D eigenvalue weighted by atomic mass is 10.2. The van der Waals surface area contributed by atoms with Gasteiger partial charge in [0.1, 0.15) is 0 Å². The summed E-state index contributed by atoms with van der Waals surface area (Å²) in [5.41, 5.74) is 1.79. The Labute approximate surface area is 91.2 Å². The third-order valence-corrected chi connectivity index (χ3v) is 2.45. The molecule has 0 saturated carbocycles. The summed E-state index contributed by atoms with van der Waals surface area (Å²) in [6, 6.07) is 5.50. The Bertz CT molecular complexity index is 577. The summed E-state index contributed by atoms with van der Waals surface area (Å²) in [7, 11) is 1.39. The van der Waals surface area contributed by atoms with Crippen LogP contribution in [0.2, 0.25) is 0 Å². The Kier molecular flexibility index (Phi) is 2.36. The molecule has 0 amide bonds. The molecule has 1 heterocycles. The monoisotopic (exact) mass is 224 g/mol. The van der Waals surface area contributed by atoms with Crippen LogP contribution in [-0.2, 0) is 0 Å². The summed E-state index contributed by atoms with van der Waals surface area (Å²) in [6.45, 7) is 1.92. The molecule has 0 spiro atoms. The molecule has 0 radical (unpaired) electrons. The van der Waals surface area contributed by atoms with Crippen molar-refractivity contribution in [2.24, 2.45) is 0 Å². The van der Waals surface area contributed by atoms with Gasteiger partial charge in [-0.2, -0.15) is 0 Å². The molecule has 0 aliphatic heterocycles. The van der Waals surface area contributed by atoms with E-state index in [0.29, 0.717) is 11.0 Å². The van der Waals surface area contributed by atoms with Gasteiger partial charge in [-0.1, -0.05) is 6.07 Å². The zero-order valence-corrected chi connectivity index (χ0v) is 9.08. The molecule has 2 rings (SSSR count). The highest BCUT2D eigenvalue weighted by Gasteiger charge is 2.09. The molecule has 0 bridgehead atoms. The number of methoxy groups -OCH3 is 1. The van der Waals surface area contributed by atoms with Gasteiger partial charge in [-0.15, -0.1) is 0 Å². The van der Waals surface area contributed by atoms with Gasteiger partial charge in [-0.25, -0.2) is 9.07 Å². The molecule has 0 aliphatic rings. The molecule has 0 aliphatic carbocycles. The molecular formula is C10H9ClN2O2. The lowest BCUT2D eigenvalue weighted by Gasteiger charge is -2.05. The van der Waals surface area contributed by atoms with Crippen molar-refractivity contribution in [3.63, 3.8) is 0 Å². The minimum absolute atomic E-state index is 0.00125. The van der Waals surface area contributed by atoms with Crippen LogP contribution in [0.4, 0.5) is 0 Å². The third-order valence-electron chi connectivity index (χ3n) is 2.12. The minimum atomic E-state index is -0.447. The molecule has 0 fully saturated rings. The van der Waals surface area contributed by atoms with Crippen LogP contribution in [0.3, 0.4) is 0 Å². The van der Waals surface area contributed by atoms with Crippen molar-refractivity contribution in [1.29, 1.82) is 0 Å². The maximum Gasteiger partial charge on any atom is 0.328 e. The second-order valence-electron chi connectivity index (χ2n) is 3.20. The number of halogens is 1. The molecule has 78 valence electrons. The highest BCUT2D eigenvalue weighted by molar-refractivity contribution is 6.18. The van der Waals surface area contributed by atoms with Crippen molar-refractivity contribution in [1.82, 2.24) is 9.07 Å². The number of hydrogen-bond acceptors (Lipinski definition) is 3. The quantitative estimate of drug-likeness (QED) is 0.741. The van der Waals surface area contributed by atoms with Gasteiger partial charge in [0.2, 0.25) is 0 Å². The van der Waals surface area contributed by atoms with Crippen molar-refractivity contribution in [3.05, 3.63) is 34.1 Å². The lowest BCUT2D eigenvalue weighted by Crippen LogP contribution is -2.17. The zero-order valence-electron chi connectivity index (χ0n) is 8.32. The van der Waals surface area contributed by atoms with E-state index in [1.165, 1.54) is 7.11 Å². The van der Waals surface area contributed by atoms with Crippen molar-refractivity contribution in [2.75, 3.05) is 7.11 Å². The Morgan fingerprint density at radius 1 is 1.47 bits per heavy atom. The number of aromatic nitrogens is 2. The van der Waals surface area contributed by atoms with Crippen LogP contribution in [0.1, 0.15) is 5.56 Å². The fraction of sp³-hybridized carbons (Fsp3) is 0.200. The predicted molar refractivity (Wildman–Crippen MR) is 58.5 cm³/mol. The maximum absolute atomic E-state index is 11.6. The summed E-state index contributed by atoms with van der Waals surface area (Å²) in [5, 5.41) is 0. The molecule has 0 unspecified atom stereocenters. The first-order valence-corrected chi connectivity index (χ1v) is 4.71. The Morgan fingerprint density at radius 2 is 2.20 bits per heavy atom. The van der Waals surface area contributed by atoms with E-state index in [1.807, 2.05) is 13.0 Å². The fourth-order valence-corrected chi connectivity index (χ4v) is 1.58. The average Bonchev–Trinajstić information content (AvgIpc) is 2.24. The van der Waals surface area contributed by atoms with Crippen LogP contribution >= 0.6 is 11.8 Å². The Balaban J connectivity index is 2.91. The van der Waals surface area contributed by atoms with Crippen LogP contribution in [0.5, 0.6) is 5.88 Å². The molecule has 0 N–H and O–H groups in total. The van der Waals surface area contributed by atoms with E-state index in [9.17, 15) is 4.79 Å². The van der Waals surface area contributed by atoms with Gasteiger partial charge in [0.05, 0.1) is 18.1 Å². The lowest BCUT2D eigenvalue weighted by molar-refractivity contribution is 0.392. The van der Waals surface area contributed by atoms with Crippen LogP contribution in [0, 0.1) is 6.92 Å². The van der Waals surface area contributed by atoms with E-state index >= 15 is 0 Å². The second-order valence-corrected chi connectivity index (χ2v) is 3.54. The van der Waals surface area contributed by atoms with E-state index in [1.54, 1.807) is 12.1 Å². The number of hydrogen-bond donors (Lipinski definition) is 0. The van der Waals surface area contributed by atoms with E-state index in [0.717, 1.165) is 9.65 Å². The summed E-state index contributed by atoms with van der Waals surface area (Å²) >= 11 is 5.87. The minimum Gasteiger partial charge on any atom is -0.477 e. The van der Waals surface area contributed by atoms with Gasteiger partial charge in [-0.05, 0) is 24.6 Å². The number of rotatable bonds is 1. The molecule has 4 nitrogen and oxygen atoms in total. The van der Waals surface area contributed by atoms with E-state index in [4.69, 9.17) is 16.5 Å². The van der Waals surface area contributed by atoms with Gasteiger partial charge in [-0.3, -0.25) is 4.79 Å². The largest absolute Gasteiger partial charge is 0.477 e. The van der Waals surface area contributed by atoms with Crippen molar-refractivity contribution >= 4 is 22.8 Å². The van der Waals surface area contributed by atoms with Crippen LogP contribution < -0.4 is 10.3 Å². The Hall–Kier alpha value is -1.55. The normalized spacial score (nSPS) is 10.6. The first kappa shape index (κ1) is 9.98. The molecule has 1 aromatic heterocycles. The maximum atomic E-state index is 11.6. The molecule has 1 aromatic carbocycles. The second kappa shape index (κ2) is 3.55. The third kappa shape index (κ3) is 1.57. The van der Waals surface area contributed by atoms with Gasteiger partial charge in [0.25, 0.3) is 5.88 Å². The number of fused-ring (bicyclic) bond motifs is 1. The van der Waals surface area contributed by atoms with E-state index < -0.39 is 5.56 Å². The van der Waals surface area contributed by atoms with Crippen molar-refractivity contribution in [2.45, 2.75) is 6.92 Å². The highest BCUT2D eigenvalue weighted by atomic mass is 35.5. The molecule has 0 atom stereocenters. The average molecular weight is 225 g/mol. The van der Waals surface area contributed by atoms with Gasteiger partial charge < -0.3 is 4.74 Å². The summed E-state index contributed by atoms with van der Waals surface area (Å²) < 4.78 is 5.86. The first-order chi connectivity index (χ1) is 7.13. The van der Waals surface area contributed by atoms with Crippen molar-refractivity contribution < 1.29 is 4.74 Å². The number of benzene rings is 1. The molecule has 15 heavy (non-hydrogen) atoms. The summed E-state index contributed by atoms with van der Waals surface area (Å²) in [4.78, 5) is 15.6. The topological polar surface area (TPSA) is 44.1 Å². The molecule has 5 heteroatoms. The Morgan fingerprint density at radius 3 is 2.87 bits per heavy atom. The first-order valence-electron chi connectivity index (χ1n) is 4.37. The van der Waals surface area contributed by atoms with Crippen LogP contribution in [0.15, 0.2) is 23.0 Å². The van der Waals surface area contributed by atoms with E-state index in [-0.39, 0.29) is 5.88 Å². The number of aryl methyl sites for hydroxylation is 1. The van der Waals surface area contributed by atoms with Gasteiger partial charge >= 0.3 is 5.56 Å². The highest BCUT2D eigenvalue weighted by Crippen LogP contribution is 2.15. The predicted octanol–water partition coefficient (Wildman–Crippen LogP) is 1.72. The number of nitrogens with zero attached hydrogens (tertiary/aromatic N) is 2. The van der Waals surface area contributed by atoms with Crippen LogP contribution in [-0.4, -0.2) is 16.2 Å². The molecular weight excluding hydrogens is 216 g/mol. The van der Waals surface area contributed by atoms with E-state index in [2.05, 4.69) is 4.98 Å². The van der Waals surface area contributed by atoms with Crippen LogP contribution in [0.25, 0.3) is 11.0 Å². The summed E-state index contributed by atoms with van der Waals surface area (Å²) in [6.07, 6.45) is 0. The summed E-state index contributed by atoms with van der Waals surface area (Å²) in [5.74, 6) is 0.00125. The smallest absolute Gasteiger partial charge is 0.328 e. The molecule has 2 aromatic rings. The van der Waals surface area contributed by atoms with Gasteiger partial charge in [0.15, 0.2) is 0 Å².